The summed E-state index contributed by atoms with van der Waals surface area (Å²) in [6.45, 7) is 4.70. The molecule has 3 saturated heterocycles. The van der Waals surface area contributed by atoms with Gasteiger partial charge < -0.3 is 71.1 Å². The van der Waals surface area contributed by atoms with Gasteiger partial charge in [0.1, 0.15) is 60.2 Å². The largest absolute Gasteiger partial charge is 0.497 e. The molecule has 5 aliphatic rings. The summed E-state index contributed by atoms with van der Waals surface area (Å²) >= 11 is 0. The fraction of sp³-hybridized carbons (Fsp3) is 0.284. The number of benzene rings is 10. The predicted molar refractivity (Wildman–Crippen MR) is 431 cm³/mol. The van der Waals surface area contributed by atoms with Gasteiger partial charge in [-0.05, 0) is 128 Å². The van der Waals surface area contributed by atoms with Crippen molar-refractivity contribution in [2.24, 2.45) is 0 Å². The Balaban J connectivity index is 0.893. The lowest BCUT2D eigenvalue weighted by Gasteiger charge is -2.52. The van der Waals surface area contributed by atoms with E-state index in [2.05, 4.69) is 0 Å². The third kappa shape index (κ3) is 19.0. The minimum Gasteiger partial charge on any atom is -0.497 e. The van der Waals surface area contributed by atoms with Gasteiger partial charge in [-0.25, -0.2) is 14.4 Å². The number of fused-ring (bicyclic) bond motifs is 2. The maximum atomic E-state index is 15.9. The van der Waals surface area contributed by atoms with E-state index in [0.717, 1.165) is 37.6 Å². The average Bonchev–Trinajstić information content (AvgIpc) is 1.55. The van der Waals surface area contributed by atoms with Crippen molar-refractivity contribution in [3.8, 4) is 11.5 Å². The number of esters is 4. The molecule has 4 amide bonds. The van der Waals surface area contributed by atoms with Crippen LogP contribution in [-0.2, 0) is 92.8 Å². The molecule has 5 aliphatic heterocycles. The summed E-state index contributed by atoms with van der Waals surface area (Å²) in [5, 5.41) is 0. The lowest BCUT2D eigenvalue weighted by molar-refractivity contribution is -0.353. The van der Waals surface area contributed by atoms with Crippen molar-refractivity contribution >= 4 is 47.5 Å². The van der Waals surface area contributed by atoms with Gasteiger partial charge in [0.2, 0.25) is 12.4 Å². The van der Waals surface area contributed by atoms with Crippen LogP contribution in [0.25, 0.3) is 0 Å². The molecule has 25 nitrogen and oxygen atoms in total. The van der Waals surface area contributed by atoms with Crippen LogP contribution in [0.3, 0.4) is 0 Å². The van der Waals surface area contributed by atoms with Crippen LogP contribution in [0.2, 0.25) is 0 Å². The Morgan fingerprint density at radius 3 is 1.07 bits per heavy atom. The van der Waals surface area contributed by atoms with Crippen molar-refractivity contribution in [3.05, 3.63) is 345 Å². The summed E-state index contributed by atoms with van der Waals surface area (Å²) in [7, 11) is 1.49. The molecule has 0 aromatic heterocycles. The molecule has 0 spiro atoms. The molecule has 0 bridgehead atoms. The van der Waals surface area contributed by atoms with Crippen molar-refractivity contribution < 1.29 is 109 Å². The van der Waals surface area contributed by atoms with Crippen molar-refractivity contribution in [2.45, 2.75) is 146 Å². The molecular weight excluding hydrogens is 1540 g/mol. The van der Waals surface area contributed by atoms with Gasteiger partial charge in [0.05, 0.1) is 92.3 Å². The van der Waals surface area contributed by atoms with Crippen molar-refractivity contribution in [2.75, 3.05) is 26.9 Å². The van der Waals surface area contributed by atoms with Crippen LogP contribution in [0.15, 0.2) is 267 Å². The van der Waals surface area contributed by atoms with Crippen molar-refractivity contribution in [3.63, 3.8) is 0 Å². The van der Waals surface area contributed by atoms with Crippen LogP contribution in [-0.4, -0.2) is 176 Å². The summed E-state index contributed by atoms with van der Waals surface area (Å²) in [5.41, 5.74) is 5.41. The van der Waals surface area contributed by atoms with Crippen molar-refractivity contribution in [1.82, 2.24) is 9.80 Å². The highest BCUT2D eigenvalue weighted by Gasteiger charge is 2.62. The second-order valence-corrected chi connectivity index (χ2v) is 29.7. The SMILES string of the molecule is COc1ccc(O[C@@H]2O[C@H](CO[C@@H]3O[C@H](COCc4ccccc4)[C@@H](O[C@@H]4O[C@H](COCc5ccccc5)[C@@H](OC(C)=O)[C@H](OCc5ccccc5)[C@H]4N4C(=O)c5ccccc5C4=O)[C@H](OCc4ccccc4)[C@H]3N3C(=O)c4ccccc4C3=O)[C@@H](OC(=O)c3ccc(C)cc3)[C@H](OC(=O)c3ccc(C)cc3)[C@H]2OC(=O)c2ccc(C)cc2)cc1. The Bertz CT molecular complexity index is 5170. The minimum absolute atomic E-state index is 0.00917. The molecule has 10 aromatic rings. The third-order valence-electron chi connectivity index (χ3n) is 21.3. The molecule has 0 N–H and O–H groups in total. The third-order valence-corrected chi connectivity index (χ3v) is 21.3. The number of hydrogen-bond acceptors (Lipinski definition) is 23. The summed E-state index contributed by atoms with van der Waals surface area (Å²) in [4.78, 5) is 124. The Kier molecular flexibility index (Phi) is 26.3. The predicted octanol–water partition coefficient (Wildman–Crippen LogP) is 13.1. The number of imide groups is 2. The fourth-order valence-electron chi connectivity index (χ4n) is 15.2. The van der Waals surface area contributed by atoms with Gasteiger partial charge in [0, 0.05) is 6.92 Å². The molecule has 10 aromatic carbocycles. The monoisotopic (exact) mass is 1620 g/mol. The normalized spacial score (nSPS) is 23.8. The van der Waals surface area contributed by atoms with Gasteiger partial charge in [-0.2, -0.15) is 0 Å². The van der Waals surface area contributed by atoms with Gasteiger partial charge in [-0.3, -0.25) is 33.8 Å². The molecule has 5 heterocycles. The quantitative estimate of drug-likeness (QED) is 0.0222. The highest BCUT2D eigenvalue weighted by atomic mass is 16.8. The molecule has 120 heavy (non-hydrogen) atoms. The number of carbonyl (C=O) groups is 8. The summed E-state index contributed by atoms with van der Waals surface area (Å²) in [6.07, 6.45) is -22.0. The van der Waals surface area contributed by atoms with E-state index in [4.69, 9.17) is 71.1 Å². The van der Waals surface area contributed by atoms with Crippen LogP contribution in [0.5, 0.6) is 11.5 Å². The minimum atomic E-state index is -1.91. The molecule has 0 aliphatic carbocycles. The first-order chi connectivity index (χ1) is 58.4. The van der Waals surface area contributed by atoms with Gasteiger partial charge >= 0.3 is 23.9 Å². The fourth-order valence-corrected chi connectivity index (χ4v) is 15.2. The lowest BCUT2D eigenvalue weighted by Crippen LogP contribution is -2.71. The van der Waals surface area contributed by atoms with E-state index in [1.165, 1.54) is 50.4 Å². The number of hydrogen-bond donors (Lipinski definition) is 0. The van der Waals surface area contributed by atoms with E-state index >= 15 is 28.8 Å². The maximum absolute atomic E-state index is 15.9. The van der Waals surface area contributed by atoms with Gasteiger partial charge in [0.15, 0.2) is 30.9 Å². The van der Waals surface area contributed by atoms with E-state index in [9.17, 15) is 9.59 Å². The average molecular weight is 1630 g/mol. The van der Waals surface area contributed by atoms with E-state index < -0.39 is 153 Å². The zero-order valence-electron chi connectivity index (χ0n) is 66.3. The first kappa shape index (κ1) is 82.7. The van der Waals surface area contributed by atoms with Gasteiger partial charge in [-0.15, -0.1) is 0 Å². The van der Waals surface area contributed by atoms with Crippen LogP contribution in [0.1, 0.15) is 118 Å². The number of nitrogens with zero attached hydrogens (tertiary/aromatic N) is 2. The summed E-state index contributed by atoms with van der Waals surface area (Å²) in [5.74, 6) is -6.24. The second kappa shape index (κ2) is 38.1. The Morgan fingerprint density at radius 1 is 0.325 bits per heavy atom. The highest BCUT2D eigenvalue weighted by molar-refractivity contribution is 6.22. The van der Waals surface area contributed by atoms with Crippen LogP contribution < -0.4 is 9.47 Å². The van der Waals surface area contributed by atoms with Crippen LogP contribution in [0, 0.1) is 20.8 Å². The van der Waals surface area contributed by atoms with Gasteiger partial charge in [-0.1, -0.05) is 199 Å². The Labute approximate surface area is 692 Å². The highest BCUT2D eigenvalue weighted by Crippen LogP contribution is 2.43. The van der Waals surface area contributed by atoms with Crippen LogP contribution >= 0.6 is 0 Å². The van der Waals surface area contributed by atoms with Crippen molar-refractivity contribution in [1.29, 1.82) is 0 Å². The smallest absolute Gasteiger partial charge is 0.338 e. The first-order valence-corrected chi connectivity index (χ1v) is 39.4. The standard InChI is InChI=1S/C95H88N2O23/c1-57-34-40-65(41-35-57)90(103)117-81-76(116-95(113-69-48-46-68(106-5)47-49-69)85(119-92(105)67-44-38-59(3)39-45-67)84(81)118-91(104)66-42-36-58(2)37-43-66)56-111-93-77(96-86(99)70-30-18-19-31-71(70)87(96)100)82(109-52-63-26-14-8-15-27-63)80(75(114-93)55-108-51-62-24-12-7-13-25-62)120-94-78(97-88(101)72-32-20-21-33-73(72)89(97)102)83(110-53-64-28-16-9-17-29-64)79(112-60(4)98)74(115-94)54-107-50-61-22-10-6-11-23-61/h6-49,74-85,93-95H,50-56H2,1-5H3/t74-,75-,76-,77-,78-,79-,80-,81-,82-,83-,84+,85-,93-,94+,95-/m1/s1. The molecule has 0 unspecified atom stereocenters. The van der Waals surface area contributed by atoms with Crippen LogP contribution in [0.4, 0.5) is 0 Å². The molecule has 0 radical (unpaired) electrons. The Morgan fingerprint density at radius 2 is 0.658 bits per heavy atom. The molecule has 0 saturated carbocycles. The number of amides is 4. The van der Waals surface area contributed by atoms with E-state index in [-0.39, 0.29) is 77.7 Å². The van der Waals surface area contributed by atoms with E-state index in [1.807, 2.05) is 106 Å². The molecule has 15 rings (SSSR count). The molecule has 25 heteroatoms. The second-order valence-electron chi connectivity index (χ2n) is 29.7. The molecule has 3 fully saturated rings. The molecule has 616 valence electrons. The zero-order chi connectivity index (χ0) is 83.3. The topological polar surface area (TPSA) is 281 Å². The maximum Gasteiger partial charge on any atom is 0.338 e. The number of methoxy groups -OCH3 is 1. The summed E-state index contributed by atoms with van der Waals surface area (Å²) in [6, 6.07) is 71.3. The number of ether oxygens (including phenoxy) is 15. The van der Waals surface area contributed by atoms with E-state index in [0.29, 0.717) is 16.9 Å². The number of aryl methyl sites for hydroxylation is 3. The summed E-state index contributed by atoms with van der Waals surface area (Å²) < 4.78 is 103. The first-order valence-electron chi connectivity index (χ1n) is 39.4. The lowest BCUT2D eigenvalue weighted by atomic mass is 9.92. The molecular formula is C95H88N2O23. The Hall–Kier alpha value is -12.4. The number of carbonyl (C=O) groups excluding carboxylic acids is 8. The number of rotatable bonds is 31. The molecule has 15 atom stereocenters. The van der Waals surface area contributed by atoms with E-state index in [1.54, 1.807) is 146 Å². The zero-order valence-corrected chi connectivity index (χ0v) is 66.3. The van der Waals surface area contributed by atoms with Gasteiger partial charge in [0.25, 0.3) is 23.6 Å².